The smallest absolute Gasteiger partial charge is 0.326 e. The van der Waals surface area contributed by atoms with E-state index in [1.54, 1.807) is 12.1 Å². The van der Waals surface area contributed by atoms with Crippen molar-refractivity contribution in [2.24, 2.45) is 5.92 Å². The number of aromatic amines is 1. The molecular formula is C25H30N6O9. The van der Waals surface area contributed by atoms with Gasteiger partial charge in [0.05, 0.1) is 12.0 Å². The van der Waals surface area contributed by atoms with Crippen LogP contribution in [0.25, 0.3) is 0 Å². The first-order valence-corrected chi connectivity index (χ1v) is 12.4. The number of nitrogens with one attached hydrogen (secondary N) is 4. The molecule has 3 atom stereocenters. The summed E-state index contributed by atoms with van der Waals surface area (Å²) in [5.74, 6) is -5.28. The topological polar surface area (TPSA) is 254 Å². The van der Waals surface area contributed by atoms with E-state index in [0.29, 0.717) is 30.8 Å². The predicted molar refractivity (Wildman–Crippen MR) is 140 cm³/mol. The largest absolute Gasteiger partial charge is 0.481 e. The second kappa shape index (κ2) is 13.2. The van der Waals surface area contributed by atoms with Gasteiger partial charge in [0.1, 0.15) is 17.9 Å². The van der Waals surface area contributed by atoms with Crippen LogP contribution in [0.2, 0.25) is 0 Å². The highest BCUT2D eigenvalue weighted by Gasteiger charge is 2.29. The van der Waals surface area contributed by atoms with E-state index in [0.717, 1.165) is 12.0 Å². The zero-order chi connectivity index (χ0) is 29.4. The fraction of sp³-hybridized carbons (Fsp3) is 0.400. The van der Waals surface area contributed by atoms with Crippen molar-refractivity contribution < 1.29 is 39.3 Å². The van der Waals surface area contributed by atoms with Crippen LogP contribution in [0, 0.1) is 5.92 Å². The molecule has 2 heterocycles. The first kappa shape index (κ1) is 29.6. The maximum atomic E-state index is 12.8. The minimum absolute atomic E-state index is 0.0512. The Morgan fingerprint density at radius 1 is 1.02 bits per heavy atom. The maximum absolute atomic E-state index is 12.8. The van der Waals surface area contributed by atoms with Crippen LogP contribution in [0.5, 0.6) is 0 Å². The van der Waals surface area contributed by atoms with Crippen LogP contribution in [0.4, 0.5) is 11.8 Å². The van der Waals surface area contributed by atoms with E-state index in [2.05, 4.69) is 20.6 Å². The van der Waals surface area contributed by atoms with Gasteiger partial charge in [0.2, 0.25) is 11.9 Å². The Labute approximate surface area is 227 Å². The second-order valence-corrected chi connectivity index (χ2v) is 9.42. The molecule has 2 amide bonds. The van der Waals surface area contributed by atoms with Gasteiger partial charge in [-0.15, -0.1) is 0 Å². The van der Waals surface area contributed by atoms with Gasteiger partial charge in [0.15, 0.2) is 0 Å². The summed E-state index contributed by atoms with van der Waals surface area (Å²) >= 11 is 0. The van der Waals surface area contributed by atoms with E-state index in [1.165, 1.54) is 12.1 Å². The summed E-state index contributed by atoms with van der Waals surface area (Å²) in [7, 11) is 0. The highest BCUT2D eigenvalue weighted by atomic mass is 16.4. The Balaban J connectivity index is 1.60. The van der Waals surface area contributed by atoms with Crippen molar-refractivity contribution in [3.63, 3.8) is 0 Å². The molecule has 0 bridgehead atoms. The van der Waals surface area contributed by atoms with Crippen LogP contribution in [0.15, 0.2) is 29.1 Å². The Kier molecular flexibility index (Phi) is 9.78. The molecule has 1 unspecified atom stereocenters. The standard InChI is InChI=1S/C25H30N6O9/c26-25-30-20-15(22(37)31-25)9-13(11-27-20)2-1-12-3-5-14(6-4-12)21(36)28-16(7-8-18(32)33)23(38)29-17(24(39)40)10-19(34)35/h3-6,13,16-17H,1-2,7-11H2,(H,28,36)(H,29,38)(H,32,33)(H,34,35)(H,39,40)(H4,26,27,30,31,37)/t13?,16-,17-/m1/s1. The number of carbonyl (C=O) groups is 5. The van der Waals surface area contributed by atoms with Crippen LogP contribution in [-0.2, 0) is 32.0 Å². The monoisotopic (exact) mass is 558 g/mol. The number of carbonyl (C=O) groups excluding carboxylic acids is 2. The number of anilines is 2. The highest BCUT2D eigenvalue weighted by Crippen LogP contribution is 2.23. The Morgan fingerprint density at radius 3 is 2.35 bits per heavy atom. The average Bonchev–Trinajstić information content (AvgIpc) is 2.89. The third-order valence-corrected chi connectivity index (χ3v) is 6.40. The molecule has 1 aromatic carbocycles. The summed E-state index contributed by atoms with van der Waals surface area (Å²) in [6, 6.07) is 3.37. The number of carboxylic acids is 3. The van der Waals surface area contributed by atoms with Gasteiger partial charge in [0.25, 0.3) is 11.5 Å². The molecule has 0 spiro atoms. The maximum Gasteiger partial charge on any atom is 0.326 e. The summed E-state index contributed by atoms with van der Waals surface area (Å²) in [5, 5.41) is 34.6. The molecule has 1 aliphatic heterocycles. The Morgan fingerprint density at radius 2 is 1.73 bits per heavy atom. The number of nitrogen functional groups attached to an aromatic ring is 1. The van der Waals surface area contributed by atoms with Crippen molar-refractivity contribution in [2.75, 3.05) is 17.6 Å². The van der Waals surface area contributed by atoms with Crippen molar-refractivity contribution in [2.45, 2.75) is 50.6 Å². The van der Waals surface area contributed by atoms with Crippen LogP contribution < -0.4 is 27.2 Å². The first-order valence-electron chi connectivity index (χ1n) is 12.4. The molecule has 214 valence electrons. The van der Waals surface area contributed by atoms with Gasteiger partial charge in [-0.1, -0.05) is 12.1 Å². The van der Waals surface area contributed by atoms with Crippen LogP contribution in [0.1, 0.15) is 47.2 Å². The molecular weight excluding hydrogens is 528 g/mol. The minimum Gasteiger partial charge on any atom is -0.481 e. The lowest BCUT2D eigenvalue weighted by atomic mass is 9.91. The number of aryl methyl sites for hydroxylation is 1. The minimum atomic E-state index is -1.76. The number of aliphatic carboxylic acids is 3. The molecule has 0 aliphatic carbocycles. The second-order valence-electron chi connectivity index (χ2n) is 9.42. The third kappa shape index (κ3) is 8.28. The van der Waals surface area contributed by atoms with Gasteiger partial charge in [-0.25, -0.2) is 4.79 Å². The van der Waals surface area contributed by atoms with E-state index >= 15 is 0 Å². The predicted octanol–water partition coefficient (Wildman–Crippen LogP) is -0.424. The number of H-pyrrole nitrogens is 1. The SMILES string of the molecule is Nc1nc2c(c(=O)[nH]1)CC(CCc1ccc(C(=O)N[C@H](CCC(=O)O)C(=O)N[C@H](CC(=O)O)C(=O)O)cc1)CN2. The lowest BCUT2D eigenvalue weighted by molar-refractivity contribution is -0.147. The molecule has 0 radical (unpaired) electrons. The van der Waals surface area contributed by atoms with Crippen molar-refractivity contribution >= 4 is 41.5 Å². The van der Waals surface area contributed by atoms with Crippen molar-refractivity contribution in [3.05, 3.63) is 51.3 Å². The molecule has 0 saturated heterocycles. The van der Waals surface area contributed by atoms with E-state index in [9.17, 15) is 28.8 Å². The lowest BCUT2D eigenvalue weighted by Crippen LogP contribution is -2.52. The van der Waals surface area contributed by atoms with Crippen LogP contribution in [-0.4, -0.2) is 73.6 Å². The molecule has 1 aromatic heterocycles. The number of amides is 2. The molecule has 3 rings (SSSR count). The molecule has 15 heteroatoms. The Hall–Kier alpha value is -4.95. The number of hydrogen-bond donors (Lipinski definition) is 8. The van der Waals surface area contributed by atoms with E-state index < -0.39 is 54.6 Å². The average molecular weight is 559 g/mol. The number of fused-ring (bicyclic) bond motifs is 1. The fourth-order valence-electron chi connectivity index (χ4n) is 4.28. The number of nitrogens with zero attached hydrogens (tertiary/aromatic N) is 1. The van der Waals surface area contributed by atoms with Crippen LogP contribution in [0.3, 0.4) is 0 Å². The van der Waals surface area contributed by atoms with Gasteiger partial charge in [-0.05, 0) is 49.3 Å². The third-order valence-electron chi connectivity index (χ3n) is 6.40. The zero-order valence-electron chi connectivity index (χ0n) is 21.3. The van der Waals surface area contributed by atoms with E-state index in [4.69, 9.17) is 21.1 Å². The number of hydrogen-bond acceptors (Lipinski definition) is 9. The summed E-state index contributed by atoms with van der Waals surface area (Å²) in [6.45, 7) is 0.623. The number of benzene rings is 1. The van der Waals surface area contributed by atoms with Gasteiger partial charge in [-0.2, -0.15) is 4.98 Å². The summed E-state index contributed by atoms with van der Waals surface area (Å²) in [6.07, 6.45) is 0.222. The van der Waals surface area contributed by atoms with Crippen molar-refractivity contribution in [3.8, 4) is 0 Å². The van der Waals surface area contributed by atoms with E-state index in [1.807, 2.05) is 5.32 Å². The number of nitrogens with two attached hydrogens (primary N) is 1. The van der Waals surface area contributed by atoms with Crippen molar-refractivity contribution in [1.82, 2.24) is 20.6 Å². The number of carboxylic acid groups (broad SMARTS) is 3. The van der Waals surface area contributed by atoms with Gasteiger partial charge >= 0.3 is 17.9 Å². The highest BCUT2D eigenvalue weighted by molar-refractivity contribution is 5.98. The van der Waals surface area contributed by atoms with Crippen molar-refractivity contribution in [1.29, 1.82) is 0 Å². The normalized spacial score (nSPS) is 15.6. The lowest BCUT2D eigenvalue weighted by Gasteiger charge is -2.24. The molecule has 0 saturated carbocycles. The van der Waals surface area contributed by atoms with Gasteiger partial charge in [0, 0.05) is 18.5 Å². The summed E-state index contributed by atoms with van der Waals surface area (Å²) in [4.78, 5) is 77.4. The fourth-order valence-corrected chi connectivity index (χ4v) is 4.28. The molecule has 1 aliphatic rings. The van der Waals surface area contributed by atoms with E-state index in [-0.39, 0.29) is 29.4 Å². The Bertz CT molecular complexity index is 1340. The van der Waals surface area contributed by atoms with Gasteiger partial charge in [-0.3, -0.25) is 29.0 Å². The first-order chi connectivity index (χ1) is 18.9. The molecule has 0 fully saturated rings. The molecule has 15 nitrogen and oxygen atoms in total. The number of rotatable bonds is 13. The van der Waals surface area contributed by atoms with Crippen LogP contribution >= 0.6 is 0 Å². The number of aromatic nitrogens is 2. The zero-order valence-corrected chi connectivity index (χ0v) is 21.3. The molecule has 2 aromatic rings. The molecule has 9 N–H and O–H groups in total. The summed E-state index contributed by atoms with van der Waals surface area (Å²) in [5.41, 5.74) is 6.96. The summed E-state index contributed by atoms with van der Waals surface area (Å²) < 4.78 is 0. The quantitative estimate of drug-likeness (QED) is 0.156. The van der Waals surface area contributed by atoms with Gasteiger partial charge < -0.3 is 37.0 Å². The molecule has 40 heavy (non-hydrogen) atoms.